The number of ether oxygens (including phenoxy) is 2. The highest BCUT2D eigenvalue weighted by atomic mass is 19.4. The molecule has 1 aliphatic carbocycles. The maximum atomic E-state index is 13.4. The first-order valence-electron chi connectivity index (χ1n) is 12.3. The highest BCUT2D eigenvalue weighted by molar-refractivity contribution is 5.93. The Morgan fingerprint density at radius 3 is 2.57 bits per heavy atom. The molecule has 37 heavy (non-hydrogen) atoms. The number of fused-ring (bicyclic) bond motifs is 1. The molecule has 1 aromatic heterocycles. The molecule has 1 aromatic carbocycles. The van der Waals surface area contributed by atoms with E-state index in [1.54, 1.807) is 4.90 Å². The summed E-state index contributed by atoms with van der Waals surface area (Å²) in [5, 5.41) is 6.93. The normalized spacial score (nSPS) is 24.8. The minimum atomic E-state index is -4.84. The number of hydrogen-bond acceptors (Lipinski definition) is 8. The molecule has 2 fully saturated rings. The molecule has 2 aromatic rings. The Morgan fingerprint density at radius 2 is 1.89 bits per heavy atom. The standard InChI is InChI=1S/C25H32F3N5O4/c1-24(2,3)32-14-5-8-20(17(11-14)23(35)36-4)33-10-9-19(22(33)34)31-21-16-12-15(37-25(26,27)28)6-7-18(16)29-13-30-21/h6-7,12-14,17,19-20,32H,5,8-11H2,1-4H3,(H,29,30,31)/t14-,17-,19+,20+/m1/s1. The molecule has 1 saturated carbocycles. The van der Waals surface area contributed by atoms with Crippen molar-refractivity contribution in [3.05, 3.63) is 24.5 Å². The third kappa shape index (κ3) is 6.41. The summed E-state index contributed by atoms with van der Waals surface area (Å²) in [6.45, 7) is 6.65. The van der Waals surface area contributed by atoms with Crippen LogP contribution in [-0.2, 0) is 14.3 Å². The van der Waals surface area contributed by atoms with Crippen LogP contribution in [-0.4, -0.2) is 70.4 Å². The molecular formula is C25H32F3N5O4. The van der Waals surface area contributed by atoms with Crippen LogP contribution in [0.25, 0.3) is 10.9 Å². The number of rotatable bonds is 6. The number of aromatic nitrogens is 2. The molecule has 0 spiro atoms. The van der Waals surface area contributed by atoms with Gasteiger partial charge in [-0.1, -0.05) is 0 Å². The quantitative estimate of drug-likeness (QED) is 0.553. The van der Waals surface area contributed by atoms with Gasteiger partial charge in [-0.15, -0.1) is 13.2 Å². The summed E-state index contributed by atoms with van der Waals surface area (Å²) in [6.07, 6.45) is -1.07. The smallest absolute Gasteiger partial charge is 0.469 e. The van der Waals surface area contributed by atoms with Gasteiger partial charge in [0.25, 0.3) is 0 Å². The minimum absolute atomic E-state index is 0.109. The summed E-state index contributed by atoms with van der Waals surface area (Å²) in [5.74, 6) is -1.15. The Labute approximate surface area is 213 Å². The Kier molecular flexibility index (Phi) is 7.50. The van der Waals surface area contributed by atoms with Gasteiger partial charge in [-0.05, 0) is 64.7 Å². The lowest BCUT2D eigenvalue weighted by atomic mass is 9.80. The number of hydrogen-bond donors (Lipinski definition) is 2. The molecule has 9 nitrogen and oxygen atoms in total. The summed E-state index contributed by atoms with van der Waals surface area (Å²) in [6, 6.07) is 2.96. The van der Waals surface area contributed by atoms with Crippen molar-refractivity contribution in [1.82, 2.24) is 20.2 Å². The number of halogens is 3. The van der Waals surface area contributed by atoms with Crippen LogP contribution in [0.4, 0.5) is 19.0 Å². The van der Waals surface area contributed by atoms with Gasteiger partial charge in [0, 0.05) is 29.6 Å². The van der Waals surface area contributed by atoms with Crippen molar-refractivity contribution in [2.75, 3.05) is 19.0 Å². The predicted octanol–water partition coefficient (Wildman–Crippen LogP) is 3.64. The van der Waals surface area contributed by atoms with E-state index < -0.39 is 24.1 Å². The second kappa shape index (κ2) is 10.3. The third-order valence-corrected chi connectivity index (χ3v) is 6.75. The van der Waals surface area contributed by atoms with E-state index in [1.807, 2.05) is 0 Å². The molecule has 1 saturated heterocycles. The van der Waals surface area contributed by atoms with Gasteiger partial charge in [0.15, 0.2) is 0 Å². The van der Waals surface area contributed by atoms with Gasteiger partial charge >= 0.3 is 12.3 Å². The van der Waals surface area contributed by atoms with E-state index in [0.29, 0.717) is 36.7 Å². The number of anilines is 1. The van der Waals surface area contributed by atoms with Gasteiger partial charge in [-0.2, -0.15) is 0 Å². The summed E-state index contributed by atoms with van der Waals surface area (Å²) in [7, 11) is 1.35. The third-order valence-electron chi connectivity index (χ3n) is 6.75. The van der Waals surface area contributed by atoms with E-state index >= 15 is 0 Å². The van der Waals surface area contributed by atoms with E-state index in [-0.39, 0.29) is 35.3 Å². The first kappa shape index (κ1) is 26.9. The molecular weight excluding hydrogens is 491 g/mol. The van der Waals surface area contributed by atoms with Crippen LogP contribution in [0.1, 0.15) is 46.5 Å². The average Bonchev–Trinajstić information content (AvgIpc) is 3.16. The van der Waals surface area contributed by atoms with Crippen LogP contribution in [0, 0.1) is 5.92 Å². The lowest BCUT2D eigenvalue weighted by molar-refractivity contribution is -0.274. The molecule has 4 atom stereocenters. The van der Waals surface area contributed by atoms with Crippen LogP contribution in [0.2, 0.25) is 0 Å². The lowest BCUT2D eigenvalue weighted by Gasteiger charge is -2.41. The molecule has 2 aliphatic rings. The van der Waals surface area contributed by atoms with Crippen LogP contribution in [0.5, 0.6) is 5.75 Å². The summed E-state index contributed by atoms with van der Waals surface area (Å²) in [4.78, 5) is 36.1. The topological polar surface area (TPSA) is 106 Å². The molecule has 1 aliphatic heterocycles. The lowest BCUT2D eigenvalue weighted by Crippen LogP contribution is -2.54. The number of benzene rings is 1. The van der Waals surface area contributed by atoms with Crippen molar-refractivity contribution in [2.24, 2.45) is 5.92 Å². The van der Waals surface area contributed by atoms with Crippen molar-refractivity contribution < 1.29 is 32.2 Å². The molecule has 0 bridgehead atoms. The van der Waals surface area contributed by atoms with Crippen molar-refractivity contribution in [1.29, 1.82) is 0 Å². The summed E-state index contributed by atoms with van der Waals surface area (Å²) < 4.78 is 47.2. The second-order valence-electron chi connectivity index (χ2n) is 10.6. The Balaban J connectivity index is 1.51. The van der Waals surface area contributed by atoms with Crippen LogP contribution in [0.3, 0.4) is 0 Å². The Hall–Kier alpha value is -3.15. The number of carbonyl (C=O) groups excluding carboxylic acids is 2. The first-order chi connectivity index (χ1) is 17.3. The van der Waals surface area contributed by atoms with Crippen molar-refractivity contribution >= 4 is 28.6 Å². The Morgan fingerprint density at radius 1 is 1.14 bits per heavy atom. The largest absolute Gasteiger partial charge is 0.573 e. The van der Waals surface area contributed by atoms with Crippen LogP contribution < -0.4 is 15.4 Å². The van der Waals surface area contributed by atoms with Crippen molar-refractivity contribution in [2.45, 2.75) is 76.5 Å². The van der Waals surface area contributed by atoms with E-state index in [9.17, 15) is 22.8 Å². The Bertz CT molecular complexity index is 1150. The number of alkyl halides is 3. The average molecular weight is 524 g/mol. The summed E-state index contributed by atoms with van der Waals surface area (Å²) >= 11 is 0. The molecule has 0 unspecified atom stereocenters. The number of esters is 1. The van der Waals surface area contributed by atoms with Gasteiger partial charge in [-0.25, -0.2) is 9.97 Å². The number of nitrogens with zero attached hydrogens (tertiary/aromatic N) is 3. The molecule has 4 rings (SSSR count). The molecule has 2 heterocycles. The number of methoxy groups -OCH3 is 1. The molecule has 1 amide bonds. The van der Waals surface area contributed by atoms with Gasteiger partial charge in [0.2, 0.25) is 5.91 Å². The monoisotopic (exact) mass is 523 g/mol. The zero-order chi connectivity index (χ0) is 27.0. The number of amides is 1. The fourth-order valence-electron chi connectivity index (χ4n) is 5.35. The van der Waals surface area contributed by atoms with Crippen molar-refractivity contribution in [3.8, 4) is 5.75 Å². The highest BCUT2D eigenvalue weighted by Gasteiger charge is 2.45. The fourth-order valence-corrected chi connectivity index (χ4v) is 5.35. The number of likely N-dealkylation sites (tertiary alicyclic amines) is 1. The van der Waals surface area contributed by atoms with Gasteiger partial charge in [-0.3, -0.25) is 9.59 Å². The van der Waals surface area contributed by atoms with Gasteiger partial charge in [0.1, 0.15) is 23.9 Å². The molecule has 2 N–H and O–H groups in total. The van der Waals surface area contributed by atoms with Crippen LogP contribution in [0.15, 0.2) is 24.5 Å². The molecule has 0 radical (unpaired) electrons. The highest BCUT2D eigenvalue weighted by Crippen LogP contribution is 2.34. The van der Waals surface area contributed by atoms with E-state index in [1.165, 1.54) is 31.6 Å². The number of carbonyl (C=O) groups is 2. The van der Waals surface area contributed by atoms with Gasteiger partial charge < -0.3 is 25.0 Å². The van der Waals surface area contributed by atoms with E-state index in [4.69, 9.17) is 4.74 Å². The van der Waals surface area contributed by atoms with Crippen molar-refractivity contribution in [3.63, 3.8) is 0 Å². The fraction of sp³-hybridized carbons (Fsp3) is 0.600. The zero-order valence-corrected chi connectivity index (χ0v) is 21.3. The van der Waals surface area contributed by atoms with E-state index in [0.717, 1.165) is 6.42 Å². The predicted molar refractivity (Wildman–Crippen MR) is 130 cm³/mol. The minimum Gasteiger partial charge on any atom is -0.469 e. The zero-order valence-electron chi connectivity index (χ0n) is 21.3. The summed E-state index contributed by atoms with van der Waals surface area (Å²) in [5.41, 5.74) is 0.298. The molecule has 202 valence electrons. The maximum absolute atomic E-state index is 13.4. The molecule has 12 heteroatoms. The van der Waals surface area contributed by atoms with Gasteiger partial charge in [0.05, 0.1) is 18.5 Å². The SMILES string of the molecule is COC(=O)[C@@H]1C[C@H](NC(C)(C)C)CC[C@@H]1N1CC[C@H](Nc2ncnc3ccc(OC(F)(F)F)cc23)C1=O. The first-order valence-corrected chi connectivity index (χ1v) is 12.3. The second-order valence-corrected chi connectivity index (χ2v) is 10.6. The maximum Gasteiger partial charge on any atom is 0.573 e. The van der Waals surface area contributed by atoms with Crippen LogP contribution >= 0.6 is 0 Å². The van der Waals surface area contributed by atoms with E-state index in [2.05, 4.69) is 46.1 Å². The number of nitrogens with one attached hydrogen (secondary N) is 2.